The first kappa shape index (κ1) is 13.3. The monoisotopic (exact) mass is 244 g/mol. The molecular weight excluding hydrogens is 233 g/mol. The highest BCUT2D eigenvalue weighted by molar-refractivity contribution is 5.52. The lowest BCUT2D eigenvalue weighted by Gasteiger charge is -2.08. The number of nitrogens with zero attached hydrogens (tertiary/aromatic N) is 1. The number of pyridine rings is 1. The lowest BCUT2D eigenvalue weighted by atomic mass is 10.1. The van der Waals surface area contributed by atoms with Gasteiger partial charge in [-0.3, -0.25) is 0 Å². The van der Waals surface area contributed by atoms with Gasteiger partial charge in [0.25, 0.3) is 0 Å². The van der Waals surface area contributed by atoms with E-state index in [4.69, 9.17) is 5.73 Å². The van der Waals surface area contributed by atoms with Gasteiger partial charge in [0, 0.05) is 6.20 Å². The van der Waals surface area contributed by atoms with Crippen LogP contribution in [0.2, 0.25) is 0 Å². The number of hydrogen-bond acceptors (Lipinski definition) is 3. The van der Waals surface area contributed by atoms with Gasteiger partial charge in [-0.05, 0) is 19.9 Å². The van der Waals surface area contributed by atoms with E-state index in [2.05, 4.69) is 16.8 Å². The zero-order valence-electron chi connectivity index (χ0n) is 9.26. The van der Waals surface area contributed by atoms with Crippen molar-refractivity contribution in [3.63, 3.8) is 0 Å². The molecule has 0 bridgehead atoms. The summed E-state index contributed by atoms with van der Waals surface area (Å²) in [6.07, 6.45) is -3.85. The van der Waals surface area contributed by atoms with E-state index in [0.717, 1.165) is 6.07 Å². The van der Waals surface area contributed by atoms with Crippen molar-refractivity contribution < 1.29 is 18.3 Å². The van der Waals surface area contributed by atoms with E-state index >= 15 is 0 Å². The third-order valence-corrected chi connectivity index (χ3v) is 1.75. The Hall–Kier alpha value is -1.74. The van der Waals surface area contributed by atoms with Crippen LogP contribution in [0.1, 0.15) is 25.0 Å². The average Bonchev–Trinajstić information content (AvgIpc) is 2.13. The number of rotatable bonds is 0. The number of aliphatic hydroxyl groups is 1. The van der Waals surface area contributed by atoms with Crippen LogP contribution in [0.3, 0.4) is 0 Å². The smallest absolute Gasteiger partial charge is 0.383 e. The molecule has 0 saturated carbocycles. The predicted octanol–water partition coefficient (Wildman–Crippen LogP) is 1.80. The van der Waals surface area contributed by atoms with Crippen molar-refractivity contribution in [2.75, 3.05) is 5.73 Å². The molecule has 1 rings (SSSR count). The Morgan fingerprint density at radius 3 is 2.41 bits per heavy atom. The van der Waals surface area contributed by atoms with Gasteiger partial charge in [-0.25, -0.2) is 4.98 Å². The fourth-order valence-corrected chi connectivity index (χ4v) is 0.951. The average molecular weight is 244 g/mol. The quantitative estimate of drug-likeness (QED) is 0.684. The van der Waals surface area contributed by atoms with Crippen LogP contribution in [0.5, 0.6) is 0 Å². The minimum absolute atomic E-state index is 0.0537. The number of anilines is 1. The van der Waals surface area contributed by atoms with Crippen molar-refractivity contribution in [1.82, 2.24) is 4.98 Å². The maximum absolute atomic E-state index is 12.4. The Labute approximate surface area is 96.5 Å². The highest BCUT2D eigenvalue weighted by Gasteiger charge is 2.31. The molecule has 0 radical (unpaired) electrons. The molecule has 0 aliphatic rings. The standard InChI is InChI=1S/C11H11F3N2O/c1-10(2,17)4-3-7-5-8(11(12,13)14)6-16-9(7)15/h5-6,17H,1-2H3,(H2,15,16). The highest BCUT2D eigenvalue weighted by Crippen LogP contribution is 2.29. The van der Waals surface area contributed by atoms with Crippen molar-refractivity contribution in [3.8, 4) is 11.8 Å². The minimum Gasteiger partial charge on any atom is -0.383 e. The van der Waals surface area contributed by atoms with Crippen molar-refractivity contribution in [1.29, 1.82) is 0 Å². The van der Waals surface area contributed by atoms with Crippen LogP contribution in [0.4, 0.5) is 19.0 Å². The van der Waals surface area contributed by atoms with Crippen LogP contribution < -0.4 is 5.73 Å². The van der Waals surface area contributed by atoms with Crippen molar-refractivity contribution in [2.45, 2.75) is 25.6 Å². The molecule has 92 valence electrons. The summed E-state index contributed by atoms with van der Waals surface area (Å²) in [7, 11) is 0. The van der Waals surface area contributed by atoms with Gasteiger partial charge in [-0.15, -0.1) is 0 Å². The van der Waals surface area contributed by atoms with Crippen molar-refractivity contribution in [2.24, 2.45) is 0 Å². The molecule has 0 aliphatic carbocycles. The third kappa shape index (κ3) is 3.96. The maximum Gasteiger partial charge on any atom is 0.417 e. The van der Waals surface area contributed by atoms with E-state index < -0.39 is 17.3 Å². The summed E-state index contributed by atoms with van der Waals surface area (Å²) in [5, 5.41) is 9.34. The maximum atomic E-state index is 12.4. The highest BCUT2D eigenvalue weighted by atomic mass is 19.4. The Kier molecular flexibility index (Phi) is 3.34. The molecule has 0 aliphatic heterocycles. The van der Waals surface area contributed by atoms with E-state index in [-0.39, 0.29) is 11.4 Å². The first-order valence-electron chi connectivity index (χ1n) is 4.68. The van der Waals surface area contributed by atoms with E-state index in [9.17, 15) is 18.3 Å². The summed E-state index contributed by atoms with van der Waals surface area (Å²) in [5.74, 6) is 4.65. The number of halogens is 3. The summed E-state index contributed by atoms with van der Waals surface area (Å²) in [6, 6.07) is 0.807. The van der Waals surface area contributed by atoms with Gasteiger partial charge < -0.3 is 10.8 Å². The normalized spacial score (nSPS) is 11.9. The van der Waals surface area contributed by atoms with Gasteiger partial charge >= 0.3 is 6.18 Å². The molecule has 1 heterocycles. The predicted molar refractivity (Wildman–Crippen MR) is 56.8 cm³/mol. The molecule has 17 heavy (non-hydrogen) atoms. The fourth-order valence-electron chi connectivity index (χ4n) is 0.951. The van der Waals surface area contributed by atoms with E-state index in [0.29, 0.717) is 6.20 Å². The first-order valence-corrected chi connectivity index (χ1v) is 4.68. The third-order valence-electron chi connectivity index (χ3n) is 1.75. The molecule has 0 aromatic carbocycles. The van der Waals surface area contributed by atoms with Gasteiger partial charge in [0.15, 0.2) is 0 Å². The largest absolute Gasteiger partial charge is 0.417 e. The number of hydrogen-bond donors (Lipinski definition) is 2. The van der Waals surface area contributed by atoms with Crippen LogP contribution in [-0.2, 0) is 6.18 Å². The number of nitrogen functional groups attached to an aromatic ring is 1. The van der Waals surface area contributed by atoms with Crippen LogP contribution >= 0.6 is 0 Å². The Bertz CT molecular complexity index is 478. The second-order valence-corrected chi connectivity index (χ2v) is 3.96. The van der Waals surface area contributed by atoms with Crippen LogP contribution in [0.25, 0.3) is 0 Å². The number of alkyl halides is 3. The first-order chi connectivity index (χ1) is 7.59. The minimum atomic E-state index is -4.49. The Morgan fingerprint density at radius 1 is 1.35 bits per heavy atom. The van der Waals surface area contributed by atoms with Gasteiger partial charge in [-0.2, -0.15) is 13.2 Å². The lowest BCUT2D eigenvalue weighted by Crippen LogP contribution is -2.14. The topological polar surface area (TPSA) is 59.1 Å². The van der Waals surface area contributed by atoms with Crippen LogP contribution in [0, 0.1) is 11.8 Å². The number of aromatic nitrogens is 1. The van der Waals surface area contributed by atoms with Gasteiger partial charge in [0.2, 0.25) is 0 Å². The molecule has 3 nitrogen and oxygen atoms in total. The summed E-state index contributed by atoms with van der Waals surface area (Å²) in [5.41, 5.74) is 3.12. The molecule has 0 saturated heterocycles. The Morgan fingerprint density at radius 2 is 1.94 bits per heavy atom. The summed E-state index contributed by atoms with van der Waals surface area (Å²) in [6.45, 7) is 2.83. The zero-order chi connectivity index (χ0) is 13.3. The fraction of sp³-hybridized carbons (Fsp3) is 0.364. The van der Waals surface area contributed by atoms with Crippen LogP contribution in [0.15, 0.2) is 12.3 Å². The molecule has 3 N–H and O–H groups in total. The second kappa shape index (κ2) is 4.26. The molecule has 0 atom stereocenters. The number of nitrogens with two attached hydrogens (primary N) is 1. The second-order valence-electron chi connectivity index (χ2n) is 3.96. The van der Waals surface area contributed by atoms with Crippen molar-refractivity contribution in [3.05, 3.63) is 23.4 Å². The molecule has 0 amide bonds. The van der Waals surface area contributed by atoms with E-state index in [1.807, 2.05) is 0 Å². The van der Waals surface area contributed by atoms with Gasteiger partial charge in [0.1, 0.15) is 11.4 Å². The molecule has 6 heteroatoms. The molecular formula is C11H11F3N2O. The Balaban J connectivity index is 3.20. The van der Waals surface area contributed by atoms with Gasteiger partial charge in [-0.1, -0.05) is 11.8 Å². The zero-order valence-corrected chi connectivity index (χ0v) is 9.26. The van der Waals surface area contributed by atoms with E-state index in [1.165, 1.54) is 13.8 Å². The summed E-state index contributed by atoms with van der Waals surface area (Å²) in [4.78, 5) is 3.42. The van der Waals surface area contributed by atoms with Gasteiger partial charge in [0.05, 0.1) is 11.1 Å². The van der Waals surface area contributed by atoms with Crippen molar-refractivity contribution >= 4 is 5.82 Å². The van der Waals surface area contributed by atoms with Crippen LogP contribution in [-0.4, -0.2) is 15.7 Å². The summed E-state index contributed by atoms with van der Waals surface area (Å²) >= 11 is 0. The van der Waals surface area contributed by atoms with E-state index in [1.54, 1.807) is 0 Å². The molecule has 0 fully saturated rings. The molecule has 1 aromatic heterocycles. The molecule has 0 spiro atoms. The lowest BCUT2D eigenvalue weighted by molar-refractivity contribution is -0.137. The summed E-state index contributed by atoms with van der Waals surface area (Å²) < 4.78 is 37.2. The SMILES string of the molecule is CC(C)(O)C#Cc1cc(C(F)(F)F)cnc1N. The molecule has 0 unspecified atom stereocenters. The molecule has 1 aromatic rings.